The molecular weight excluding hydrogens is 180 g/mol. The van der Waals surface area contributed by atoms with Crippen LogP contribution in [0.4, 0.5) is 0 Å². The van der Waals surface area contributed by atoms with Gasteiger partial charge in [-0.2, -0.15) is 4.72 Å². The molecule has 0 saturated heterocycles. The summed E-state index contributed by atoms with van der Waals surface area (Å²) in [5.74, 6) is -0.446. The van der Waals surface area contributed by atoms with Gasteiger partial charge in [0.25, 0.3) is 5.91 Å². The van der Waals surface area contributed by atoms with E-state index in [4.69, 9.17) is 0 Å². The van der Waals surface area contributed by atoms with Crippen molar-refractivity contribution in [3.8, 4) is 0 Å². The normalized spacial score (nSPS) is 12.2. The van der Waals surface area contributed by atoms with E-state index >= 15 is 0 Å². The summed E-state index contributed by atoms with van der Waals surface area (Å²) in [6, 6.07) is 0. The smallest absolute Gasteiger partial charge is 0.262 e. The Morgan fingerprint density at radius 3 is 2.50 bits per heavy atom. The minimum atomic E-state index is -1.64. The molecule has 0 aromatic carbocycles. The Morgan fingerprint density at radius 2 is 2.08 bits per heavy atom. The zero-order chi connectivity index (χ0) is 9.56. The third kappa shape index (κ3) is 6.14. The molecule has 0 radical (unpaired) electrons. The summed E-state index contributed by atoms with van der Waals surface area (Å²) in [6.07, 6.45) is 0.271. The second-order valence-electron chi connectivity index (χ2n) is 2.17. The highest BCUT2D eigenvalue weighted by atomic mass is 32.2. The van der Waals surface area contributed by atoms with Crippen LogP contribution in [0.3, 0.4) is 0 Å². The Balaban J connectivity index is 3.52. The Hall–Kier alpha value is -0.590. The van der Waals surface area contributed by atoms with E-state index in [0.29, 0.717) is 0 Å². The van der Waals surface area contributed by atoms with Crippen LogP contribution in [-0.2, 0) is 21.1 Å². The summed E-state index contributed by atoms with van der Waals surface area (Å²) in [7, 11) is 0. The lowest BCUT2D eigenvalue weighted by molar-refractivity contribution is -0.119. The molecule has 0 saturated carbocycles. The van der Waals surface area contributed by atoms with Crippen molar-refractivity contribution in [2.75, 3.05) is 6.54 Å². The fourth-order valence-electron chi connectivity index (χ4n) is 0.379. The Kier molecular flexibility index (Phi) is 5.69. The van der Waals surface area contributed by atoms with Crippen molar-refractivity contribution in [3.63, 3.8) is 0 Å². The molecule has 0 aromatic rings. The van der Waals surface area contributed by atoms with Crippen LogP contribution in [0.15, 0.2) is 0 Å². The Morgan fingerprint density at radius 1 is 1.50 bits per heavy atom. The van der Waals surface area contributed by atoms with Gasteiger partial charge in [-0.15, -0.1) is 4.72 Å². The van der Waals surface area contributed by atoms with Gasteiger partial charge in [0, 0.05) is 6.42 Å². The van der Waals surface area contributed by atoms with Gasteiger partial charge >= 0.3 is 0 Å². The van der Waals surface area contributed by atoms with Gasteiger partial charge in [0.1, 0.15) is 12.3 Å². The highest BCUT2D eigenvalue weighted by Gasteiger charge is 2.10. The van der Waals surface area contributed by atoms with Gasteiger partial charge in [-0.1, -0.05) is 6.92 Å². The highest BCUT2D eigenvalue weighted by molar-refractivity contribution is 7.88. The standard InChI is InChI=1S/C6H12N2O3S/c1-3-6(10)8-12(11)7-4-5(2)9/h7H,3-4H2,1-2H3,(H,8,10). The maximum absolute atomic E-state index is 10.8. The first-order chi connectivity index (χ1) is 5.56. The van der Waals surface area contributed by atoms with Crippen LogP contribution in [0.25, 0.3) is 0 Å². The van der Waals surface area contributed by atoms with Crippen molar-refractivity contribution in [1.82, 2.24) is 9.44 Å². The predicted molar refractivity (Wildman–Crippen MR) is 45.3 cm³/mol. The zero-order valence-corrected chi connectivity index (χ0v) is 7.86. The molecule has 0 heterocycles. The summed E-state index contributed by atoms with van der Waals surface area (Å²) in [5, 5.41) is 0. The minimum Gasteiger partial charge on any atom is -0.573 e. The lowest BCUT2D eigenvalue weighted by atomic mass is 10.5. The lowest BCUT2D eigenvalue weighted by Gasteiger charge is -2.08. The van der Waals surface area contributed by atoms with Crippen LogP contribution < -0.4 is 9.44 Å². The molecule has 2 N–H and O–H groups in total. The van der Waals surface area contributed by atoms with Gasteiger partial charge < -0.3 is 4.55 Å². The number of ketones is 1. The summed E-state index contributed by atoms with van der Waals surface area (Å²) in [5.41, 5.74) is 0. The van der Waals surface area contributed by atoms with Crippen LogP contribution >= 0.6 is 0 Å². The van der Waals surface area contributed by atoms with Crippen molar-refractivity contribution < 1.29 is 14.1 Å². The van der Waals surface area contributed by atoms with Gasteiger partial charge in [0.15, 0.2) is 11.5 Å². The molecule has 0 aromatic heterocycles. The number of Topliss-reactive ketones (excluding diaryl/α,β-unsaturated/α-hetero) is 1. The third-order valence-electron chi connectivity index (χ3n) is 0.980. The van der Waals surface area contributed by atoms with E-state index < -0.39 is 11.5 Å². The molecule has 12 heavy (non-hydrogen) atoms. The molecular formula is C6H12N2O3S. The zero-order valence-electron chi connectivity index (χ0n) is 7.05. The van der Waals surface area contributed by atoms with E-state index in [2.05, 4.69) is 9.44 Å². The van der Waals surface area contributed by atoms with Crippen LogP contribution in [0.5, 0.6) is 0 Å². The largest absolute Gasteiger partial charge is 0.573 e. The van der Waals surface area contributed by atoms with E-state index in [9.17, 15) is 14.1 Å². The molecule has 70 valence electrons. The average Bonchev–Trinajstić information content (AvgIpc) is 2.00. The molecule has 0 spiro atoms. The van der Waals surface area contributed by atoms with E-state index in [0.717, 1.165) is 0 Å². The van der Waals surface area contributed by atoms with Crippen LogP contribution in [0.2, 0.25) is 0 Å². The number of carbonyl (C=O) groups excluding carboxylic acids is 2. The van der Waals surface area contributed by atoms with Crippen molar-refractivity contribution in [2.24, 2.45) is 0 Å². The molecule has 5 nitrogen and oxygen atoms in total. The van der Waals surface area contributed by atoms with E-state index in [1.54, 1.807) is 6.92 Å². The molecule has 0 rings (SSSR count). The van der Waals surface area contributed by atoms with Gasteiger partial charge in [0.2, 0.25) is 0 Å². The maximum Gasteiger partial charge on any atom is 0.262 e. The molecule has 0 aliphatic rings. The van der Waals surface area contributed by atoms with Crippen molar-refractivity contribution in [3.05, 3.63) is 0 Å². The SMILES string of the molecule is CCC(=O)N[S+]([O-])NCC(C)=O. The fraction of sp³-hybridized carbons (Fsp3) is 0.667. The number of nitrogens with one attached hydrogen (secondary N) is 2. The van der Waals surface area contributed by atoms with Gasteiger partial charge in [-0.3, -0.25) is 9.59 Å². The molecule has 1 atom stereocenters. The summed E-state index contributed by atoms with van der Waals surface area (Å²) in [4.78, 5) is 21.0. The number of amides is 1. The molecule has 1 unspecified atom stereocenters. The van der Waals surface area contributed by atoms with E-state index in [1.165, 1.54) is 6.92 Å². The second-order valence-corrected chi connectivity index (χ2v) is 3.20. The average molecular weight is 192 g/mol. The van der Waals surface area contributed by atoms with E-state index in [1.807, 2.05) is 0 Å². The minimum absolute atomic E-state index is 0.00337. The maximum atomic E-state index is 10.8. The molecule has 1 amide bonds. The first-order valence-corrected chi connectivity index (χ1v) is 4.65. The van der Waals surface area contributed by atoms with Crippen LogP contribution in [-0.4, -0.2) is 22.8 Å². The monoisotopic (exact) mass is 192 g/mol. The van der Waals surface area contributed by atoms with Gasteiger partial charge in [-0.25, -0.2) is 0 Å². The molecule has 6 heteroatoms. The molecule has 0 fully saturated rings. The summed E-state index contributed by atoms with van der Waals surface area (Å²) in [6.45, 7) is 3.01. The van der Waals surface area contributed by atoms with Crippen LogP contribution in [0.1, 0.15) is 20.3 Å². The number of hydrogen-bond donors (Lipinski definition) is 2. The highest BCUT2D eigenvalue weighted by Crippen LogP contribution is 1.81. The Bertz CT molecular complexity index is 174. The van der Waals surface area contributed by atoms with Gasteiger partial charge in [0.05, 0.1) is 0 Å². The number of hydrogen-bond acceptors (Lipinski definition) is 4. The second kappa shape index (κ2) is 5.99. The molecule has 0 bridgehead atoms. The quantitative estimate of drug-likeness (QED) is 0.563. The number of carbonyl (C=O) groups is 2. The van der Waals surface area contributed by atoms with Gasteiger partial charge in [-0.05, 0) is 6.92 Å². The first kappa shape index (κ1) is 11.4. The van der Waals surface area contributed by atoms with Crippen LogP contribution in [0, 0.1) is 0 Å². The number of rotatable bonds is 5. The predicted octanol–water partition coefficient (Wildman–Crippen LogP) is -0.730. The summed E-state index contributed by atoms with van der Waals surface area (Å²) >= 11 is -1.64. The third-order valence-corrected chi connectivity index (χ3v) is 1.80. The topological polar surface area (TPSA) is 81.3 Å². The van der Waals surface area contributed by atoms with E-state index in [-0.39, 0.29) is 24.7 Å². The van der Waals surface area contributed by atoms with Crippen molar-refractivity contribution in [2.45, 2.75) is 20.3 Å². The lowest BCUT2D eigenvalue weighted by Crippen LogP contribution is -2.41. The van der Waals surface area contributed by atoms with Crippen molar-refractivity contribution in [1.29, 1.82) is 0 Å². The first-order valence-electron chi connectivity index (χ1n) is 3.50. The Labute approximate surface area is 74.4 Å². The fourth-order valence-corrected chi connectivity index (χ4v) is 1.14. The molecule has 0 aliphatic heterocycles. The summed E-state index contributed by atoms with van der Waals surface area (Å²) < 4.78 is 15.3. The van der Waals surface area contributed by atoms with Crippen molar-refractivity contribution >= 4 is 23.2 Å². The molecule has 0 aliphatic carbocycles.